The van der Waals surface area contributed by atoms with E-state index in [2.05, 4.69) is 4.72 Å². The molecule has 38 heavy (non-hydrogen) atoms. The lowest BCUT2D eigenvalue weighted by atomic mass is 9.78. The maximum absolute atomic E-state index is 13.3. The van der Waals surface area contributed by atoms with Crippen molar-refractivity contribution in [2.24, 2.45) is 5.41 Å². The number of amides is 1. The molecule has 0 radical (unpaired) electrons. The molecule has 0 bridgehead atoms. The fraction of sp³-hybridized carbons (Fsp3) is 0.536. The second kappa shape index (κ2) is 12.0. The summed E-state index contributed by atoms with van der Waals surface area (Å²) in [6, 6.07) is 12.6. The summed E-state index contributed by atoms with van der Waals surface area (Å²) in [6.07, 6.45) is 1.97. The van der Waals surface area contributed by atoms with Crippen LogP contribution in [0.1, 0.15) is 32.6 Å². The van der Waals surface area contributed by atoms with Gasteiger partial charge >= 0.3 is 0 Å². The Labute approximate surface area is 225 Å². The summed E-state index contributed by atoms with van der Waals surface area (Å²) in [5.74, 6) is 1.14. The second-order valence-electron chi connectivity index (χ2n) is 10.5. The highest BCUT2D eigenvalue weighted by Crippen LogP contribution is 2.37. The first-order valence-corrected chi connectivity index (χ1v) is 14.7. The molecular formula is C28H39N3O6S. The molecule has 1 unspecified atom stereocenters. The van der Waals surface area contributed by atoms with Crippen molar-refractivity contribution >= 4 is 15.9 Å². The molecule has 1 amide bonds. The average Bonchev–Trinajstić information content (AvgIpc) is 2.90. The van der Waals surface area contributed by atoms with E-state index < -0.39 is 16.1 Å². The summed E-state index contributed by atoms with van der Waals surface area (Å²) in [7, 11) is -0.404. The Hall–Kier alpha value is -2.66. The molecular weight excluding hydrogens is 506 g/mol. The van der Waals surface area contributed by atoms with Gasteiger partial charge in [0.05, 0.1) is 19.8 Å². The van der Waals surface area contributed by atoms with Gasteiger partial charge in [0.1, 0.15) is 16.4 Å². The van der Waals surface area contributed by atoms with Crippen LogP contribution < -0.4 is 14.2 Å². The number of sulfonamides is 1. The number of carbonyl (C=O) groups excluding carboxylic acids is 1. The van der Waals surface area contributed by atoms with E-state index in [0.717, 1.165) is 30.4 Å². The van der Waals surface area contributed by atoms with E-state index >= 15 is 0 Å². The highest BCUT2D eigenvalue weighted by Gasteiger charge is 2.38. The first kappa shape index (κ1) is 28.4. The Kier molecular flexibility index (Phi) is 8.97. The fourth-order valence-corrected chi connectivity index (χ4v) is 6.55. The van der Waals surface area contributed by atoms with Crippen LogP contribution in [0, 0.1) is 5.41 Å². The van der Waals surface area contributed by atoms with Crippen molar-refractivity contribution in [2.45, 2.75) is 43.6 Å². The lowest BCUT2D eigenvalue weighted by molar-refractivity contribution is -0.134. The van der Waals surface area contributed by atoms with Crippen LogP contribution in [0.2, 0.25) is 0 Å². The minimum atomic E-state index is -3.93. The molecule has 2 heterocycles. The van der Waals surface area contributed by atoms with Gasteiger partial charge in [-0.05, 0) is 61.7 Å². The van der Waals surface area contributed by atoms with Crippen molar-refractivity contribution in [1.29, 1.82) is 0 Å². The number of hydrogen-bond donors (Lipinski definition) is 2. The highest BCUT2D eigenvalue weighted by molar-refractivity contribution is 7.89. The molecule has 1 spiro atoms. The molecule has 2 aliphatic rings. The number of likely N-dealkylation sites (N-methyl/N-ethyl adjacent to an activating group) is 1. The van der Waals surface area contributed by atoms with Crippen LogP contribution in [0.4, 0.5) is 0 Å². The van der Waals surface area contributed by atoms with E-state index in [9.17, 15) is 18.3 Å². The van der Waals surface area contributed by atoms with Gasteiger partial charge in [0, 0.05) is 44.6 Å². The van der Waals surface area contributed by atoms with Crippen LogP contribution in [0.3, 0.4) is 0 Å². The number of β-amino-alcohol motifs (C(OH)–C–C–N with tert-alkyl or cyclic N) is 1. The topological polar surface area (TPSA) is 108 Å². The van der Waals surface area contributed by atoms with Crippen molar-refractivity contribution in [3.8, 4) is 22.6 Å². The number of ether oxygens (including phenoxy) is 2. The lowest BCUT2D eigenvalue weighted by Gasteiger charge is -2.44. The van der Waals surface area contributed by atoms with Gasteiger partial charge in [0.2, 0.25) is 15.9 Å². The van der Waals surface area contributed by atoms with E-state index in [4.69, 9.17) is 9.47 Å². The Balaban J connectivity index is 1.68. The van der Waals surface area contributed by atoms with E-state index in [1.165, 1.54) is 0 Å². The van der Waals surface area contributed by atoms with Gasteiger partial charge in [0.15, 0.2) is 0 Å². The number of benzene rings is 2. The molecule has 0 saturated carbocycles. The second-order valence-corrected chi connectivity index (χ2v) is 12.3. The Morgan fingerprint density at radius 3 is 2.63 bits per heavy atom. The van der Waals surface area contributed by atoms with E-state index in [0.29, 0.717) is 45.0 Å². The third-order valence-electron chi connectivity index (χ3n) is 7.45. The number of carbonyl (C=O) groups is 1. The summed E-state index contributed by atoms with van der Waals surface area (Å²) in [4.78, 5) is 16.5. The fourth-order valence-electron chi connectivity index (χ4n) is 5.35. The molecule has 0 aromatic heterocycles. The van der Waals surface area contributed by atoms with Crippen LogP contribution in [-0.4, -0.2) is 88.8 Å². The summed E-state index contributed by atoms with van der Waals surface area (Å²) in [5.41, 5.74) is 1.38. The number of aliphatic hydroxyl groups excluding tert-OH is 1. The zero-order valence-electron chi connectivity index (χ0n) is 22.5. The van der Waals surface area contributed by atoms with Crippen molar-refractivity contribution in [1.82, 2.24) is 14.5 Å². The zero-order chi connectivity index (χ0) is 27.3. The van der Waals surface area contributed by atoms with Gasteiger partial charge in [0.25, 0.3) is 0 Å². The van der Waals surface area contributed by atoms with Crippen molar-refractivity contribution < 1.29 is 27.8 Å². The Morgan fingerprint density at radius 1 is 1.18 bits per heavy atom. The van der Waals surface area contributed by atoms with Gasteiger partial charge < -0.3 is 24.4 Å². The summed E-state index contributed by atoms with van der Waals surface area (Å²) < 4.78 is 40.8. The van der Waals surface area contributed by atoms with Crippen LogP contribution >= 0.6 is 0 Å². The molecule has 2 N–H and O–H groups in total. The number of rotatable bonds is 4. The molecule has 2 aliphatic heterocycles. The molecule has 0 aliphatic carbocycles. The quantitative estimate of drug-likeness (QED) is 0.608. The number of methoxy groups -OCH3 is 1. The molecule has 9 nitrogen and oxygen atoms in total. The van der Waals surface area contributed by atoms with Gasteiger partial charge in [-0.3, -0.25) is 4.79 Å². The van der Waals surface area contributed by atoms with Crippen molar-refractivity contribution in [3.05, 3.63) is 42.5 Å². The van der Waals surface area contributed by atoms with Crippen LogP contribution in [-0.2, 0) is 14.8 Å². The molecule has 4 rings (SSSR count). The highest BCUT2D eigenvalue weighted by atomic mass is 32.2. The molecule has 2 aromatic carbocycles. The maximum Gasteiger partial charge on any atom is 0.244 e. The lowest BCUT2D eigenvalue weighted by Crippen LogP contribution is -2.51. The first-order chi connectivity index (χ1) is 18.1. The van der Waals surface area contributed by atoms with Crippen molar-refractivity contribution in [2.75, 3.05) is 53.5 Å². The zero-order valence-corrected chi connectivity index (χ0v) is 23.3. The van der Waals surface area contributed by atoms with E-state index in [1.54, 1.807) is 25.3 Å². The van der Waals surface area contributed by atoms with Crippen LogP contribution in [0.25, 0.3) is 11.1 Å². The first-order valence-electron chi connectivity index (χ1n) is 13.2. The smallest absolute Gasteiger partial charge is 0.244 e. The molecule has 1 fully saturated rings. The SMILES string of the molecule is CCCC(=O)N1CCC2(CC1)COc1cc(-c3cccc(OC)c3)ccc1S(=O)(=O)NCC(O)CN(C)C2. The van der Waals surface area contributed by atoms with Gasteiger partial charge in [-0.2, -0.15) is 0 Å². The van der Waals surface area contributed by atoms with Crippen LogP contribution in [0.15, 0.2) is 47.4 Å². The third-order valence-corrected chi connectivity index (χ3v) is 8.91. The predicted octanol–water partition coefficient (Wildman–Crippen LogP) is 2.73. The molecule has 1 saturated heterocycles. The van der Waals surface area contributed by atoms with Crippen molar-refractivity contribution in [3.63, 3.8) is 0 Å². The van der Waals surface area contributed by atoms with E-state index in [-0.39, 0.29) is 28.5 Å². The number of aliphatic hydroxyl groups is 1. The Bertz CT molecular complexity index is 1230. The summed E-state index contributed by atoms with van der Waals surface area (Å²) >= 11 is 0. The predicted molar refractivity (Wildman–Crippen MR) is 146 cm³/mol. The standard InChI is InChI=1S/C28H39N3O6S/c1-4-6-27(33)31-13-11-28(12-14-31)19-30(2)18-23(32)17-29-38(34,35)26-10-9-22(16-25(26)37-20-28)21-7-5-8-24(15-21)36-3/h5,7-10,15-16,23,29,32H,4,6,11-14,17-20H2,1-3H3. The molecule has 10 heteroatoms. The number of hydrogen-bond acceptors (Lipinski definition) is 7. The number of nitrogens with zero attached hydrogens (tertiary/aromatic N) is 2. The summed E-state index contributed by atoms with van der Waals surface area (Å²) in [5, 5.41) is 10.6. The average molecular weight is 546 g/mol. The number of piperidine rings is 1. The van der Waals surface area contributed by atoms with Gasteiger partial charge in [-0.15, -0.1) is 0 Å². The minimum absolute atomic E-state index is 0.0379. The largest absolute Gasteiger partial charge is 0.497 e. The van der Waals surface area contributed by atoms with Gasteiger partial charge in [-0.1, -0.05) is 25.1 Å². The monoisotopic (exact) mass is 545 g/mol. The van der Waals surface area contributed by atoms with E-state index in [1.807, 2.05) is 48.0 Å². The number of likely N-dealkylation sites (tertiary alicyclic amines) is 1. The normalized spacial score (nSPS) is 22.0. The van der Waals surface area contributed by atoms with Gasteiger partial charge in [-0.25, -0.2) is 13.1 Å². The molecule has 1 atom stereocenters. The Morgan fingerprint density at radius 2 is 1.92 bits per heavy atom. The maximum atomic E-state index is 13.3. The molecule has 2 aromatic rings. The number of fused-ring (bicyclic) bond motifs is 1. The third kappa shape index (κ3) is 6.66. The summed E-state index contributed by atoms with van der Waals surface area (Å²) in [6.45, 7) is 4.46. The van der Waals surface area contributed by atoms with Crippen LogP contribution in [0.5, 0.6) is 11.5 Å². The minimum Gasteiger partial charge on any atom is -0.497 e. The molecule has 208 valence electrons. The number of nitrogens with one attached hydrogen (secondary N) is 1.